The van der Waals surface area contributed by atoms with Gasteiger partial charge in [0.1, 0.15) is 0 Å². The maximum absolute atomic E-state index is 12.4. The Labute approximate surface area is 126 Å². The van der Waals surface area contributed by atoms with E-state index in [0.717, 1.165) is 17.7 Å². The van der Waals surface area contributed by atoms with Crippen molar-refractivity contribution in [3.63, 3.8) is 0 Å². The van der Waals surface area contributed by atoms with E-state index in [-0.39, 0.29) is 12.5 Å². The van der Waals surface area contributed by atoms with Gasteiger partial charge >= 0.3 is 6.18 Å². The van der Waals surface area contributed by atoms with Crippen molar-refractivity contribution in [2.75, 3.05) is 17.2 Å². The molecular weight excluding hydrogens is 293 g/mol. The Morgan fingerprint density at radius 2 is 1.68 bits per heavy atom. The molecule has 0 bridgehead atoms. The molecular formula is C16H15F3N2O. The minimum absolute atomic E-state index is 0.0281. The number of hydrogen-bond donors (Lipinski definition) is 2. The van der Waals surface area contributed by atoms with Crippen LogP contribution < -0.4 is 10.6 Å². The largest absolute Gasteiger partial charge is 0.416 e. The van der Waals surface area contributed by atoms with Gasteiger partial charge in [-0.15, -0.1) is 0 Å². The minimum atomic E-state index is -4.36. The number of amides is 1. The molecule has 0 saturated carbocycles. The van der Waals surface area contributed by atoms with Gasteiger partial charge in [0.2, 0.25) is 5.91 Å². The smallest absolute Gasteiger partial charge is 0.376 e. The third kappa shape index (κ3) is 4.25. The predicted octanol–water partition coefficient (Wildman–Crippen LogP) is 4.06. The second-order valence-corrected chi connectivity index (χ2v) is 4.79. The zero-order valence-electron chi connectivity index (χ0n) is 11.9. The van der Waals surface area contributed by atoms with Crippen LogP contribution in [0.15, 0.2) is 48.5 Å². The van der Waals surface area contributed by atoms with Gasteiger partial charge in [0.25, 0.3) is 0 Å². The number of nitrogens with one attached hydrogen (secondary N) is 2. The average molecular weight is 308 g/mol. The highest BCUT2D eigenvalue weighted by atomic mass is 19.4. The quantitative estimate of drug-likeness (QED) is 0.894. The SMILES string of the molecule is Cc1ccccc1NC(=O)CNc1ccc(C(F)(F)F)cc1. The predicted molar refractivity (Wildman–Crippen MR) is 79.7 cm³/mol. The van der Waals surface area contributed by atoms with Gasteiger partial charge in [-0.3, -0.25) is 4.79 Å². The van der Waals surface area contributed by atoms with E-state index in [4.69, 9.17) is 0 Å². The Kier molecular flexibility index (Phi) is 4.70. The Morgan fingerprint density at radius 3 is 2.27 bits per heavy atom. The first-order valence-electron chi connectivity index (χ1n) is 6.63. The highest BCUT2D eigenvalue weighted by Crippen LogP contribution is 2.29. The van der Waals surface area contributed by atoms with Gasteiger partial charge in [-0.1, -0.05) is 18.2 Å². The van der Waals surface area contributed by atoms with Crippen LogP contribution in [-0.4, -0.2) is 12.5 Å². The summed E-state index contributed by atoms with van der Waals surface area (Å²) in [6.07, 6.45) is -4.36. The van der Waals surface area contributed by atoms with E-state index in [1.54, 1.807) is 6.07 Å². The van der Waals surface area contributed by atoms with Gasteiger partial charge in [0, 0.05) is 11.4 Å². The van der Waals surface area contributed by atoms with E-state index in [2.05, 4.69) is 10.6 Å². The monoisotopic (exact) mass is 308 g/mol. The van der Waals surface area contributed by atoms with Crippen LogP contribution in [0, 0.1) is 6.92 Å². The molecule has 3 nitrogen and oxygen atoms in total. The fourth-order valence-electron chi connectivity index (χ4n) is 1.87. The summed E-state index contributed by atoms with van der Waals surface area (Å²) in [5.74, 6) is -0.269. The average Bonchev–Trinajstić information content (AvgIpc) is 2.47. The number of rotatable bonds is 4. The van der Waals surface area contributed by atoms with Crippen LogP contribution >= 0.6 is 0 Å². The molecule has 0 aliphatic rings. The molecule has 0 unspecified atom stereocenters. The molecule has 0 atom stereocenters. The molecule has 116 valence electrons. The molecule has 0 radical (unpaired) electrons. The molecule has 2 aromatic rings. The number of anilines is 2. The standard InChI is InChI=1S/C16H15F3N2O/c1-11-4-2-3-5-14(11)21-15(22)10-20-13-8-6-12(7-9-13)16(17,18)19/h2-9,20H,10H2,1H3,(H,21,22). The summed E-state index contributed by atoms with van der Waals surface area (Å²) in [6.45, 7) is 1.85. The fraction of sp³-hybridized carbons (Fsp3) is 0.188. The van der Waals surface area contributed by atoms with E-state index in [0.29, 0.717) is 11.4 Å². The van der Waals surface area contributed by atoms with Crippen LogP contribution in [0.1, 0.15) is 11.1 Å². The number of benzene rings is 2. The molecule has 0 heterocycles. The maximum atomic E-state index is 12.4. The summed E-state index contributed by atoms with van der Waals surface area (Å²) in [5.41, 5.74) is 1.38. The van der Waals surface area contributed by atoms with Crippen LogP contribution in [-0.2, 0) is 11.0 Å². The summed E-state index contributed by atoms with van der Waals surface area (Å²) in [4.78, 5) is 11.8. The molecule has 0 saturated heterocycles. The zero-order chi connectivity index (χ0) is 16.2. The highest BCUT2D eigenvalue weighted by Gasteiger charge is 2.29. The van der Waals surface area contributed by atoms with Gasteiger partial charge in [-0.05, 0) is 42.8 Å². The van der Waals surface area contributed by atoms with Crippen LogP contribution in [0.5, 0.6) is 0 Å². The Morgan fingerprint density at radius 1 is 1.05 bits per heavy atom. The maximum Gasteiger partial charge on any atom is 0.416 e. The van der Waals surface area contributed by atoms with Gasteiger partial charge in [0.05, 0.1) is 12.1 Å². The highest BCUT2D eigenvalue weighted by molar-refractivity contribution is 5.94. The Hall–Kier alpha value is -2.50. The van der Waals surface area contributed by atoms with Crippen molar-refractivity contribution < 1.29 is 18.0 Å². The lowest BCUT2D eigenvalue weighted by atomic mass is 10.2. The van der Waals surface area contributed by atoms with Crippen molar-refractivity contribution in [2.45, 2.75) is 13.1 Å². The first-order valence-corrected chi connectivity index (χ1v) is 6.63. The minimum Gasteiger partial charge on any atom is -0.376 e. The van der Waals surface area contributed by atoms with E-state index in [9.17, 15) is 18.0 Å². The molecule has 0 aromatic heterocycles. The van der Waals surface area contributed by atoms with Gasteiger partial charge in [-0.2, -0.15) is 13.2 Å². The molecule has 1 amide bonds. The van der Waals surface area contributed by atoms with Crippen molar-refractivity contribution in [3.05, 3.63) is 59.7 Å². The van der Waals surface area contributed by atoms with Gasteiger partial charge in [-0.25, -0.2) is 0 Å². The Bertz CT molecular complexity index is 651. The molecule has 0 aliphatic heterocycles. The van der Waals surface area contributed by atoms with Gasteiger partial charge < -0.3 is 10.6 Å². The fourth-order valence-corrected chi connectivity index (χ4v) is 1.87. The van der Waals surface area contributed by atoms with Crippen LogP contribution in [0.4, 0.5) is 24.5 Å². The normalized spacial score (nSPS) is 11.1. The third-order valence-corrected chi connectivity index (χ3v) is 3.08. The van der Waals surface area contributed by atoms with E-state index >= 15 is 0 Å². The van der Waals surface area contributed by atoms with Crippen LogP contribution in [0.2, 0.25) is 0 Å². The number of halogens is 3. The van der Waals surface area contributed by atoms with Crippen molar-refractivity contribution in [1.29, 1.82) is 0 Å². The van der Waals surface area contributed by atoms with Crippen molar-refractivity contribution in [3.8, 4) is 0 Å². The van der Waals surface area contributed by atoms with E-state index < -0.39 is 11.7 Å². The zero-order valence-corrected chi connectivity index (χ0v) is 11.9. The second kappa shape index (κ2) is 6.51. The molecule has 0 spiro atoms. The molecule has 2 N–H and O–H groups in total. The summed E-state index contributed by atoms with van der Waals surface area (Å²) in [5, 5.41) is 5.52. The summed E-state index contributed by atoms with van der Waals surface area (Å²) in [6, 6.07) is 11.9. The van der Waals surface area contributed by atoms with Gasteiger partial charge in [0.15, 0.2) is 0 Å². The number of para-hydroxylation sites is 1. The number of hydrogen-bond acceptors (Lipinski definition) is 2. The van der Waals surface area contributed by atoms with E-state index in [1.165, 1.54) is 12.1 Å². The van der Waals surface area contributed by atoms with Crippen LogP contribution in [0.3, 0.4) is 0 Å². The lowest BCUT2D eigenvalue weighted by molar-refractivity contribution is -0.137. The number of aryl methyl sites for hydroxylation is 1. The Balaban J connectivity index is 1.90. The number of carbonyl (C=O) groups is 1. The number of alkyl halides is 3. The molecule has 22 heavy (non-hydrogen) atoms. The van der Waals surface area contributed by atoms with Crippen molar-refractivity contribution >= 4 is 17.3 Å². The second-order valence-electron chi connectivity index (χ2n) is 4.79. The van der Waals surface area contributed by atoms with Crippen molar-refractivity contribution in [2.24, 2.45) is 0 Å². The van der Waals surface area contributed by atoms with Crippen LogP contribution in [0.25, 0.3) is 0 Å². The summed E-state index contributed by atoms with van der Waals surface area (Å²) in [7, 11) is 0. The molecule has 0 fully saturated rings. The lowest BCUT2D eigenvalue weighted by Crippen LogP contribution is -2.22. The first kappa shape index (κ1) is 15.9. The first-order chi connectivity index (χ1) is 10.4. The summed E-state index contributed by atoms with van der Waals surface area (Å²) < 4.78 is 37.3. The molecule has 2 aromatic carbocycles. The molecule has 6 heteroatoms. The lowest BCUT2D eigenvalue weighted by Gasteiger charge is -2.11. The van der Waals surface area contributed by atoms with E-state index in [1.807, 2.05) is 25.1 Å². The molecule has 0 aliphatic carbocycles. The molecule has 2 rings (SSSR count). The number of carbonyl (C=O) groups excluding carboxylic acids is 1. The topological polar surface area (TPSA) is 41.1 Å². The summed E-state index contributed by atoms with van der Waals surface area (Å²) >= 11 is 0. The third-order valence-electron chi connectivity index (χ3n) is 3.08. The van der Waals surface area contributed by atoms with Crippen molar-refractivity contribution in [1.82, 2.24) is 0 Å².